The smallest absolute Gasteiger partial charge is 0.227 e. The Bertz CT molecular complexity index is 1010. The fourth-order valence-corrected chi connectivity index (χ4v) is 3.65. The minimum absolute atomic E-state index is 0.0148. The second-order valence-corrected chi connectivity index (χ2v) is 7.12. The van der Waals surface area contributed by atoms with Gasteiger partial charge in [0.2, 0.25) is 5.91 Å². The molecular formula is C22H21NO2S. The predicted octanol–water partition coefficient (Wildman–Crippen LogP) is 5.09. The molecule has 0 N–H and O–H groups in total. The maximum absolute atomic E-state index is 11.8. The molecule has 2 aromatic carbocycles. The van der Waals surface area contributed by atoms with Crippen LogP contribution in [0.15, 0.2) is 53.6 Å². The van der Waals surface area contributed by atoms with Crippen LogP contribution in [-0.4, -0.2) is 22.8 Å². The van der Waals surface area contributed by atoms with E-state index < -0.39 is 0 Å². The number of aromatic nitrogens is 1. The molecule has 0 amide bonds. The lowest BCUT2D eigenvalue weighted by atomic mass is 10.1. The minimum atomic E-state index is 0.0148. The first-order valence-corrected chi connectivity index (χ1v) is 9.44. The first kappa shape index (κ1) is 18.2. The van der Waals surface area contributed by atoms with Crippen molar-refractivity contribution in [2.75, 3.05) is 12.4 Å². The molecule has 26 heavy (non-hydrogen) atoms. The van der Waals surface area contributed by atoms with Crippen LogP contribution >= 0.6 is 11.8 Å². The predicted molar refractivity (Wildman–Crippen MR) is 108 cm³/mol. The quantitative estimate of drug-likeness (QED) is 0.478. The Morgan fingerprint density at radius 1 is 1.15 bits per heavy atom. The van der Waals surface area contributed by atoms with Crippen molar-refractivity contribution in [2.45, 2.75) is 25.7 Å². The number of hydrogen-bond donors (Lipinski definition) is 0. The number of rotatable bonds is 4. The second-order valence-electron chi connectivity index (χ2n) is 6.10. The van der Waals surface area contributed by atoms with Crippen LogP contribution in [0, 0.1) is 25.7 Å². The highest BCUT2D eigenvalue weighted by atomic mass is 32.2. The Hall–Kier alpha value is -2.64. The van der Waals surface area contributed by atoms with E-state index in [9.17, 15) is 4.79 Å². The van der Waals surface area contributed by atoms with Crippen LogP contribution in [0.1, 0.15) is 22.8 Å². The molecule has 0 aliphatic carbocycles. The van der Waals surface area contributed by atoms with Crippen LogP contribution in [0.2, 0.25) is 0 Å². The number of nitrogens with zero attached hydrogens (tertiary/aromatic N) is 1. The molecule has 1 aromatic heterocycles. The largest absolute Gasteiger partial charge is 0.481 e. The number of fused-ring (bicyclic) bond motifs is 1. The zero-order valence-corrected chi connectivity index (χ0v) is 16.0. The molecule has 0 spiro atoms. The summed E-state index contributed by atoms with van der Waals surface area (Å²) in [4.78, 5) is 12.9. The summed E-state index contributed by atoms with van der Waals surface area (Å²) in [5, 5.41) is 1.08. The molecule has 0 saturated heterocycles. The molecule has 0 bridgehead atoms. The second kappa shape index (κ2) is 8.16. The standard InChI is InChI=1S/C22H21NO2S/c1-16-10-11-21(17(2)14-16)25-12-6-7-13-26-22-15-23(18(3)24)20-9-5-4-8-19(20)22/h4-5,8-11,14-15H,12-13H2,1-3H3. The highest BCUT2D eigenvalue weighted by Crippen LogP contribution is 2.29. The van der Waals surface area contributed by atoms with E-state index in [1.54, 1.807) is 23.3 Å². The molecule has 0 saturated carbocycles. The molecule has 3 rings (SSSR count). The molecule has 4 heteroatoms. The van der Waals surface area contributed by atoms with Gasteiger partial charge in [0.15, 0.2) is 0 Å². The van der Waals surface area contributed by atoms with E-state index in [-0.39, 0.29) is 5.91 Å². The summed E-state index contributed by atoms with van der Waals surface area (Å²) in [6.45, 7) is 6.05. The molecule has 132 valence electrons. The highest BCUT2D eigenvalue weighted by molar-refractivity contribution is 7.99. The number of aryl methyl sites for hydroxylation is 2. The van der Waals surface area contributed by atoms with Gasteiger partial charge < -0.3 is 4.74 Å². The SMILES string of the molecule is CC(=O)n1cc(SCC#CCOc2ccc(C)cc2C)c2ccccc21. The van der Waals surface area contributed by atoms with Crippen molar-refractivity contribution < 1.29 is 9.53 Å². The van der Waals surface area contributed by atoms with Crippen molar-refractivity contribution in [3.8, 4) is 17.6 Å². The summed E-state index contributed by atoms with van der Waals surface area (Å²) in [6.07, 6.45) is 1.89. The molecule has 0 atom stereocenters. The van der Waals surface area contributed by atoms with Crippen molar-refractivity contribution in [3.63, 3.8) is 0 Å². The van der Waals surface area contributed by atoms with Gasteiger partial charge in [-0.2, -0.15) is 0 Å². The minimum Gasteiger partial charge on any atom is -0.481 e. The monoisotopic (exact) mass is 363 g/mol. The van der Waals surface area contributed by atoms with Crippen molar-refractivity contribution in [2.24, 2.45) is 0 Å². The summed E-state index contributed by atoms with van der Waals surface area (Å²) in [5.41, 5.74) is 3.29. The van der Waals surface area contributed by atoms with Crippen LogP contribution in [0.3, 0.4) is 0 Å². The van der Waals surface area contributed by atoms with Gasteiger partial charge in [0, 0.05) is 23.4 Å². The highest BCUT2D eigenvalue weighted by Gasteiger charge is 2.10. The molecule has 0 aliphatic rings. The van der Waals surface area contributed by atoms with E-state index in [0.29, 0.717) is 12.4 Å². The molecular weight excluding hydrogens is 342 g/mol. The lowest BCUT2D eigenvalue weighted by Gasteiger charge is -2.06. The fraction of sp³-hybridized carbons (Fsp3) is 0.227. The summed E-state index contributed by atoms with van der Waals surface area (Å²) in [6, 6.07) is 14.1. The first-order chi connectivity index (χ1) is 12.6. The molecule has 1 heterocycles. The summed E-state index contributed by atoms with van der Waals surface area (Å²) in [5.74, 6) is 7.74. The molecule has 3 nitrogen and oxygen atoms in total. The molecule has 0 unspecified atom stereocenters. The van der Waals surface area contributed by atoms with E-state index in [2.05, 4.69) is 24.8 Å². The average Bonchev–Trinajstić information content (AvgIpc) is 2.99. The Kier molecular flexibility index (Phi) is 5.70. The van der Waals surface area contributed by atoms with Crippen LogP contribution in [0.4, 0.5) is 0 Å². The topological polar surface area (TPSA) is 31.2 Å². The van der Waals surface area contributed by atoms with Crippen molar-refractivity contribution in [1.82, 2.24) is 4.57 Å². The van der Waals surface area contributed by atoms with E-state index in [1.807, 2.05) is 49.5 Å². The maximum atomic E-state index is 11.8. The normalized spacial score (nSPS) is 10.4. The van der Waals surface area contributed by atoms with E-state index >= 15 is 0 Å². The number of hydrogen-bond acceptors (Lipinski definition) is 3. The zero-order chi connectivity index (χ0) is 18.5. The first-order valence-electron chi connectivity index (χ1n) is 8.46. The summed E-state index contributed by atoms with van der Waals surface area (Å²) in [7, 11) is 0. The third kappa shape index (κ3) is 4.12. The Morgan fingerprint density at radius 2 is 1.96 bits per heavy atom. The zero-order valence-electron chi connectivity index (χ0n) is 15.2. The molecule has 0 fully saturated rings. The van der Waals surface area contributed by atoms with Gasteiger partial charge in [-0.25, -0.2) is 0 Å². The Labute approximate surface area is 158 Å². The van der Waals surface area contributed by atoms with Gasteiger partial charge in [0.05, 0.1) is 11.3 Å². The van der Waals surface area contributed by atoms with Gasteiger partial charge in [-0.15, -0.1) is 11.8 Å². The molecule has 0 radical (unpaired) electrons. The van der Waals surface area contributed by atoms with Crippen LogP contribution in [0.5, 0.6) is 5.75 Å². The molecule has 3 aromatic rings. The van der Waals surface area contributed by atoms with Gasteiger partial charge in [-0.3, -0.25) is 9.36 Å². The van der Waals surface area contributed by atoms with Crippen molar-refractivity contribution >= 4 is 28.6 Å². The van der Waals surface area contributed by atoms with Gasteiger partial charge in [-0.05, 0) is 31.5 Å². The number of para-hydroxylation sites is 1. The lowest BCUT2D eigenvalue weighted by Crippen LogP contribution is -2.02. The summed E-state index contributed by atoms with van der Waals surface area (Å²) < 4.78 is 7.41. The van der Waals surface area contributed by atoms with E-state index in [0.717, 1.165) is 27.1 Å². The van der Waals surface area contributed by atoms with Gasteiger partial charge in [0.1, 0.15) is 12.4 Å². The van der Waals surface area contributed by atoms with Crippen molar-refractivity contribution in [1.29, 1.82) is 0 Å². The number of benzene rings is 2. The van der Waals surface area contributed by atoms with Crippen LogP contribution in [-0.2, 0) is 0 Å². The Morgan fingerprint density at radius 3 is 2.73 bits per heavy atom. The number of carbonyl (C=O) groups excluding carboxylic acids is 1. The molecule has 0 aliphatic heterocycles. The van der Waals surface area contributed by atoms with Crippen LogP contribution < -0.4 is 4.74 Å². The average molecular weight is 363 g/mol. The number of carbonyl (C=O) groups is 1. The van der Waals surface area contributed by atoms with Crippen LogP contribution in [0.25, 0.3) is 10.9 Å². The van der Waals surface area contributed by atoms with Crippen molar-refractivity contribution in [3.05, 3.63) is 59.8 Å². The third-order valence-electron chi connectivity index (χ3n) is 4.07. The summed E-state index contributed by atoms with van der Waals surface area (Å²) >= 11 is 1.64. The number of thioether (sulfide) groups is 1. The van der Waals surface area contributed by atoms with E-state index in [1.165, 1.54) is 5.56 Å². The Balaban J connectivity index is 1.60. The van der Waals surface area contributed by atoms with Gasteiger partial charge in [-0.1, -0.05) is 47.7 Å². The third-order valence-corrected chi connectivity index (χ3v) is 4.99. The number of ether oxygens (including phenoxy) is 1. The lowest BCUT2D eigenvalue weighted by molar-refractivity contribution is 0.0941. The van der Waals surface area contributed by atoms with Gasteiger partial charge >= 0.3 is 0 Å². The van der Waals surface area contributed by atoms with Gasteiger partial charge in [0.25, 0.3) is 0 Å². The fourth-order valence-electron chi connectivity index (χ4n) is 2.81. The van der Waals surface area contributed by atoms with E-state index in [4.69, 9.17) is 4.74 Å². The maximum Gasteiger partial charge on any atom is 0.227 e.